The predicted molar refractivity (Wildman–Crippen MR) is 104 cm³/mol. The van der Waals surface area contributed by atoms with Crippen LogP contribution in [0.3, 0.4) is 0 Å². The number of fused-ring (bicyclic) bond motifs is 1. The third kappa shape index (κ3) is 3.60. The molecule has 2 heterocycles. The molecule has 1 N–H and O–H groups in total. The molecule has 0 unspecified atom stereocenters. The Morgan fingerprint density at radius 1 is 1.00 bits per heavy atom. The first-order valence-electron chi connectivity index (χ1n) is 9.18. The van der Waals surface area contributed by atoms with Gasteiger partial charge in [0.05, 0.1) is 11.7 Å². The summed E-state index contributed by atoms with van der Waals surface area (Å²) in [4.78, 5) is 5.13. The van der Waals surface area contributed by atoms with Gasteiger partial charge in [0.25, 0.3) is 0 Å². The fraction of sp³-hybridized carbons (Fsp3) is 0.381. The van der Waals surface area contributed by atoms with E-state index in [0.717, 1.165) is 30.5 Å². The second kappa shape index (κ2) is 6.98. The minimum atomic E-state index is 0.655. The highest BCUT2D eigenvalue weighted by Crippen LogP contribution is 2.24. The van der Waals surface area contributed by atoms with Crippen molar-refractivity contribution in [1.29, 1.82) is 0 Å². The van der Waals surface area contributed by atoms with Crippen LogP contribution in [-0.2, 0) is 6.54 Å². The van der Waals surface area contributed by atoms with Gasteiger partial charge in [0.15, 0.2) is 0 Å². The van der Waals surface area contributed by atoms with E-state index in [0.29, 0.717) is 6.04 Å². The lowest BCUT2D eigenvalue weighted by molar-refractivity contribution is 0.104. The molecule has 4 nitrogen and oxygen atoms in total. The Labute approximate surface area is 149 Å². The van der Waals surface area contributed by atoms with E-state index in [-0.39, 0.29) is 0 Å². The van der Waals surface area contributed by atoms with Gasteiger partial charge in [-0.15, -0.1) is 0 Å². The van der Waals surface area contributed by atoms with Crippen molar-refractivity contribution in [1.82, 2.24) is 20.0 Å². The minimum Gasteiger partial charge on any atom is -0.298 e. The molecule has 1 fully saturated rings. The van der Waals surface area contributed by atoms with Gasteiger partial charge in [-0.1, -0.05) is 30.3 Å². The van der Waals surface area contributed by atoms with Crippen molar-refractivity contribution in [3.05, 3.63) is 54.2 Å². The SMILES string of the molecule is CC(C)N1CCN(Cc2cccc(-c3ccc4cn[nH]c4c3)c2)CC1. The molecule has 0 aliphatic carbocycles. The van der Waals surface area contributed by atoms with Gasteiger partial charge < -0.3 is 0 Å². The molecule has 130 valence electrons. The summed E-state index contributed by atoms with van der Waals surface area (Å²) >= 11 is 0. The maximum Gasteiger partial charge on any atom is 0.0656 e. The van der Waals surface area contributed by atoms with Crippen LogP contribution in [0.4, 0.5) is 0 Å². The lowest BCUT2D eigenvalue weighted by Crippen LogP contribution is -2.48. The van der Waals surface area contributed by atoms with Crippen molar-refractivity contribution in [3.8, 4) is 11.1 Å². The molecule has 2 aromatic carbocycles. The summed E-state index contributed by atoms with van der Waals surface area (Å²) in [7, 11) is 0. The maximum atomic E-state index is 4.11. The average Bonchev–Trinajstić information content (AvgIpc) is 3.10. The summed E-state index contributed by atoms with van der Waals surface area (Å²) in [5.74, 6) is 0. The first-order valence-corrected chi connectivity index (χ1v) is 9.18. The summed E-state index contributed by atoms with van der Waals surface area (Å²) in [5, 5.41) is 8.33. The molecule has 4 rings (SSSR count). The van der Waals surface area contributed by atoms with Crippen molar-refractivity contribution < 1.29 is 0 Å². The van der Waals surface area contributed by atoms with E-state index in [4.69, 9.17) is 0 Å². The lowest BCUT2D eigenvalue weighted by Gasteiger charge is -2.37. The van der Waals surface area contributed by atoms with Crippen molar-refractivity contribution in [2.24, 2.45) is 0 Å². The zero-order valence-electron chi connectivity index (χ0n) is 15.1. The standard InChI is InChI=1S/C21H26N4/c1-16(2)25-10-8-24(9-11-25)15-17-4-3-5-18(12-17)19-6-7-20-14-22-23-21(20)13-19/h3-7,12-14,16H,8-11,15H2,1-2H3,(H,22,23). The number of aromatic amines is 1. The molecule has 25 heavy (non-hydrogen) atoms. The van der Waals surface area contributed by atoms with E-state index in [1.165, 1.54) is 29.8 Å². The van der Waals surface area contributed by atoms with Crippen molar-refractivity contribution in [2.75, 3.05) is 26.2 Å². The van der Waals surface area contributed by atoms with Crippen LogP contribution in [0, 0.1) is 0 Å². The summed E-state index contributed by atoms with van der Waals surface area (Å²) in [5.41, 5.74) is 4.99. The molecule has 0 saturated carbocycles. The van der Waals surface area contributed by atoms with Crippen LogP contribution in [0.5, 0.6) is 0 Å². The highest BCUT2D eigenvalue weighted by molar-refractivity contribution is 5.83. The van der Waals surface area contributed by atoms with Crippen LogP contribution in [0.2, 0.25) is 0 Å². The Kier molecular flexibility index (Phi) is 4.55. The number of benzene rings is 2. The molecule has 0 amide bonds. The van der Waals surface area contributed by atoms with Gasteiger partial charge >= 0.3 is 0 Å². The van der Waals surface area contributed by atoms with Gasteiger partial charge in [-0.05, 0) is 42.7 Å². The Balaban J connectivity index is 1.48. The Morgan fingerprint density at radius 3 is 2.60 bits per heavy atom. The topological polar surface area (TPSA) is 35.2 Å². The van der Waals surface area contributed by atoms with E-state index in [2.05, 4.69) is 76.3 Å². The van der Waals surface area contributed by atoms with Gasteiger partial charge in [-0.3, -0.25) is 14.9 Å². The van der Waals surface area contributed by atoms with Crippen LogP contribution in [0.15, 0.2) is 48.7 Å². The molecule has 0 radical (unpaired) electrons. The maximum absolute atomic E-state index is 4.11. The Bertz CT molecular complexity index is 844. The Morgan fingerprint density at radius 2 is 1.80 bits per heavy atom. The summed E-state index contributed by atoms with van der Waals surface area (Å²) in [6.07, 6.45) is 1.87. The number of piperazine rings is 1. The quantitative estimate of drug-likeness (QED) is 0.789. The van der Waals surface area contributed by atoms with Crippen LogP contribution in [-0.4, -0.2) is 52.2 Å². The zero-order valence-corrected chi connectivity index (χ0v) is 15.1. The van der Waals surface area contributed by atoms with Crippen molar-refractivity contribution >= 4 is 10.9 Å². The molecule has 0 atom stereocenters. The van der Waals surface area contributed by atoms with Gasteiger partial charge in [-0.2, -0.15) is 5.10 Å². The molecule has 4 heteroatoms. The molecule has 3 aromatic rings. The van der Waals surface area contributed by atoms with E-state index in [1.807, 2.05) is 6.20 Å². The molecular weight excluding hydrogens is 308 g/mol. The molecule has 0 bridgehead atoms. The Hall–Kier alpha value is -2.17. The minimum absolute atomic E-state index is 0.655. The van der Waals surface area contributed by atoms with Gasteiger partial charge in [0, 0.05) is 44.2 Å². The highest BCUT2D eigenvalue weighted by atomic mass is 15.3. The molecule has 0 spiro atoms. The van der Waals surface area contributed by atoms with Crippen molar-refractivity contribution in [2.45, 2.75) is 26.4 Å². The molecule has 1 aliphatic heterocycles. The second-order valence-electron chi connectivity index (χ2n) is 7.28. The van der Waals surface area contributed by atoms with E-state index in [1.54, 1.807) is 0 Å². The largest absolute Gasteiger partial charge is 0.298 e. The summed E-state index contributed by atoms with van der Waals surface area (Å²) in [6.45, 7) is 10.3. The van der Waals surface area contributed by atoms with Gasteiger partial charge in [-0.25, -0.2) is 0 Å². The monoisotopic (exact) mass is 334 g/mol. The number of nitrogens with one attached hydrogen (secondary N) is 1. The first-order chi connectivity index (χ1) is 12.2. The van der Waals surface area contributed by atoms with E-state index < -0.39 is 0 Å². The highest BCUT2D eigenvalue weighted by Gasteiger charge is 2.18. The number of aromatic nitrogens is 2. The summed E-state index contributed by atoms with van der Waals surface area (Å²) in [6, 6.07) is 16.1. The number of hydrogen-bond acceptors (Lipinski definition) is 3. The smallest absolute Gasteiger partial charge is 0.0656 e. The zero-order chi connectivity index (χ0) is 17.2. The van der Waals surface area contributed by atoms with E-state index >= 15 is 0 Å². The van der Waals surface area contributed by atoms with E-state index in [9.17, 15) is 0 Å². The lowest BCUT2D eigenvalue weighted by atomic mass is 10.0. The fourth-order valence-corrected chi connectivity index (χ4v) is 3.66. The molecule has 1 aromatic heterocycles. The second-order valence-corrected chi connectivity index (χ2v) is 7.28. The number of H-pyrrole nitrogens is 1. The third-order valence-electron chi connectivity index (χ3n) is 5.25. The van der Waals surface area contributed by atoms with Crippen LogP contribution in [0.25, 0.3) is 22.0 Å². The van der Waals surface area contributed by atoms with Crippen LogP contribution in [0.1, 0.15) is 19.4 Å². The number of hydrogen-bond donors (Lipinski definition) is 1. The van der Waals surface area contributed by atoms with Gasteiger partial charge in [0.1, 0.15) is 0 Å². The molecular formula is C21H26N4. The normalized spacial score (nSPS) is 16.8. The molecule has 1 saturated heterocycles. The average molecular weight is 334 g/mol. The summed E-state index contributed by atoms with van der Waals surface area (Å²) < 4.78 is 0. The van der Waals surface area contributed by atoms with Gasteiger partial charge in [0.2, 0.25) is 0 Å². The van der Waals surface area contributed by atoms with Crippen LogP contribution >= 0.6 is 0 Å². The predicted octanol–water partition coefficient (Wildman–Crippen LogP) is 3.76. The first kappa shape index (κ1) is 16.3. The van der Waals surface area contributed by atoms with Crippen molar-refractivity contribution in [3.63, 3.8) is 0 Å². The number of rotatable bonds is 4. The third-order valence-corrected chi connectivity index (χ3v) is 5.25. The number of nitrogens with zero attached hydrogens (tertiary/aromatic N) is 3. The molecule has 1 aliphatic rings. The van der Waals surface area contributed by atoms with Crippen LogP contribution < -0.4 is 0 Å². The fourth-order valence-electron chi connectivity index (χ4n) is 3.66.